The van der Waals surface area contributed by atoms with Crippen molar-refractivity contribution < 1.29 is 14.3 Å². The fourth-order valence-corrected chi connectivity index (χ4v) is 5.11. The lowest BCUT2D eigenvalue weighted by atomic mass is 9.78. The number of rotatable bonds is 9. The Hall–Kier alpha value is -1.54. The van der Waals surface area contributed by atoms with E-state index in [4.69, 9.17) is 9.47 Å². The van der Waals surface area contributed by atoms with Crippen molar-refractivity contribution in [3.8, 4) is 0 Å². The van der Waals surface area contributed by atoms with Crippen LogP contribution in [0.5, 0.6) is 0 Å². The highest BCUT2D eigenvalue weighted by atomic mass is 16.5. The molecule has 3 rings (SSSR count). The molecule has 0 saturated carbocycles. The summed E-state index contributed by atoms with van der Waals surface area (Å²) in [5.41, 5.74) is -0.337. The maximum Gasteiger partial charge on any atom is 0.227 e. The second-order valence-electron chi connectivity index (χ2n) is 10.0. The van der Waals surface area contributed by atoms with Gasteiger partial charge in [0, 0.05) is 64.0 Å². The number of pyridine rings is 1. The normalized spacial score (nSPS) is 24.6. The van der Waals surface area contributed by atoms with E-state index in [1.165, 1.54) is 0 Å². The number of carbonyl (C=O) groups excluding carboxylic acids is 1. The monoisotopic (exact) mass is 446 g/mol. The number of piperazine rings is 1. The fourth-order valence-electron chi connectivity index (χ4n) is 5.11. The minimum atomic E-state index is -0.217. The van der Waals surface area contributed by atoms with Gasteiger partial charge in [-0.3, -0.25) is 19.5 Å². The number of hydrogen-bond acceptors (Lipinski definition) is 6. The van der Waals surface area contributed by atoms with Crippen molar-refractivity contribution in [1.82, 2.24) is 14.8 Å². The third kappa shape index (κ3) is 6.50. The molecule has 2 fully saturated rings. The average molecular weight is 447 g/mol. The summed E-state index contributed by atoms with van der Waals surface area (Å²) in [5, 5.41) is 0. The summed E-state index contributed by atoms with van der Waals surface area (Å²) in [6.45, 7) is 17.6. The molecule has 7 heteroatoms. The zero-order valence-electron chi connectivity index (χ0n) is 20.7. The van der Waals surface area contributed by atoms with Gasteiger partial charge in [0.15, 0.2) is 0 Å². The van der Waals surface area contributed by atoms with Crippen LogP contribution in [-0.2, 0) is 14.3 Å². The van der Waals surface area contributed by atoms with Gasteiger partial charge in [-0.05, 0) is 52.7 Å². The van der Waals surface area contributed by atoms with Crippen LogP contribution in [0.4, 0.5) is 5.82 Å². The van der Waals surface area contributed by atoms with Crippen LogP contribution < -0.4 is 4.90 Å². The highest BCUT2D eigenvalue weighted by Crippen LogP contribution is 2.38. The number of hydrogen-bond donors (Lipinski definition) is 0. The van der Waals surface area contributed by atoms with Gasteiger partial charge in [-0.15, -0.1) is 0 Å². The number of nitrogens with zero attached hydrogens (tertiary/aromatic N) is 4. The summed E-state index contributed by atoms with van der Waals surface area (Å²) in [6.07, 6.45) is 4.34. The highest BCUT2D eigenvalue weighted by Gasteiger charge is 2.47. The molecule has 2 aliphatic heterocycles. The Morgan fingerprint density at radius 1 is 1.25 bits per heavy atom. The predicted octanol–water partition coefficient (Wildman–Crippen LogP) is 3.20. The zero-order chi connectivity index (χ0) is 23.2. The average Bonchev–Trinajstić information content (AvgIpc) is 2.77. The quantitative estimate of drug-likeness (QED) is 0.581. The van der Waals surface area contributed by atoms with Crippen LogP contribution in [0.25, 0.3) is 0 Å². The van der Waals surface area contributed by atoms with E-state index < -0.39 is 0 Å². The van der Waals surface area contributed by atoms with Gasteiger partial charge in [0.05, 0.1) is 18.3 Å². The minimum Gasteiger partial charge on any atom is -0.377 e. The molecule has 0 spiro atoms. The maximum absolute atomic E-state index is 13.0. The van der Waals surface area contributed by atoms with Crippen molar-refractivity contribution in [2.75, 3.05) is 57.4 Å². The molecule has 3 heterocycles. The largest absolute Gasteiger partial charge is 0.377 e. The number of anilines is 1. The van der Waals surface area contributed by atoms with Crippen molar-refractivity contribution in [2.45, 2.75) is 71.1 Å². The van der Waals surface area contributed by atoms with Crippen LogP contribution in [-0.4, -0.2) is 90.4 Å². The Morgan fingerprint density at radius 3 is 2.59 bits per heavy atom. The molecule has 32 heavy (non-hydrogen) atoms. The molecular weight excluding hydrogens is 404 g/mol. The first-order valence-corrected chi connectivity index (χ1v) is 12.2. The maximum atomic E-state index is 13.0. The van der Waals surface area contributed by atoms with Gasteiger partial charge >= 0.3 is 0 Å². The topological polar surface area (TPSA) is 58.1 Å². The van der Waals surface area contributed by atoms with E-state index in [-0.39, 0.29) is 23.2 Å². The fraction of sp³-hybridized carbons (Fsp3) is 0.760. The Bertz CT molecular complexity index is 719. The van der Waals surface area contributed by atoms with Gasteiger partial charge in [0.1, 0.15) is 5.82 Å². The number of amides is 1. The Labute approximate surface area is 194 Å². The third-order valence-electron chi connectivity index (χ3n) is 6.70. The van der Waals surface area contributed by atoms with Crippen LogP contribution in [0.2, 0.25) is 0 Å². The van der Waals surface area contributed by atoms with Crippen LogP contribution in [0.1, 0.15) is 53.9 Å². The van der Waals surface area contributed by atoms with Crippen molar-refractivity contribution in [3.05, 3.63) is 24.4 Å². The summed E-state index contributed by atoms with van der Waals surface area (Å²) < 4.78 is 11.9. The molecule has 0 bridgehead atoms. The lowest BCUT2D eigenvalue weighted by molar-refractivity contribution is -0.130. The second-order valence-corrected chi connectivity index (χ2v) is 10.0. The third-order valence-corrected chi connectivity index (χ3v) is 6.70. The predicted molar refractivity (Wildman–Crippen MR) is 128 cm³/mol. The molecule has 1 aromatic heterocycles. The zero-order valence-corrected chi connectivity index (χ0v) is 20.7. The molecule has 0 N–H and O–H groups in total. The molecule has 1 amide bonds. The Morgan fingerprint density at radius 2 is 2.00 bits per heavy atom. The molecule has 0 radical (unpaired) electrons. The van der Waals surface area contributed by atoms with E-state index in [0.717, 1.165) is 58.0 Å². The smallest absolute Gasteiger partial charge is 0.227 e. The van der Waals surface area contributed by atoms with Crippen LogP contribution in [0.15, 0.2) is 24.4 Å². The molecule has 1 unspecified atom stereocenters. The van der Waals surface area contributed by atoms with E-state index in [0.29, 0.717) is 19.6 Å². The van der Waals surface area contributed by atoms with Gasteiger partial charge in [0.25, 0.3) is 0 Å². The molecule has 180 valence electrons. The van der Waals surface area contributed by atoms with Crippen LogP contribution in [0.3, 0.4) is 0 Å². The van der Waals surface area contributed by atoms with Gasteiger partial charge in [-0.25, -0.2) is 4.98 Å². The van der Waals surface area contributed by atoms with E-state index >= 15 is 0 Å². The molecule has 7 nitrogen and oxygen atoms in total. The highest BCUT2D eigenvalue weighted by molar-refractivity contribution is 5.92. The molecule has 1 atom stereocenters. The molecule has 2 aliphatic rings. The van der Waals surface area contributed by atoms with Crippen LogP contribution in [0, 0.1) is 0 Å². The summed E-state index contributed by atoms with van der Waals surface area (Å²) >= 11 is 0. The second kappa shape index (κ2) is 11.1. The van der Waals surface area contributed by atoms with Crippen LogP contribution >= 0.6 is 0 Å². The van der Waals surface area contributed by atoms with E-state index in [1.54, 1.807) is 6.20 Å². The summed E-state index contributed by atoms with van der Waals surface area (Å²) in [6, 6.07) is 5.79. The number of carbonyl (C=O) groups is 1. The van der Waals surface area contributed by atoms with Crippen molar-refractivity contribution in [1.29, 1.82) is 0 Å². The number of aromatic nitrogens is 1. The summed E-state index contributed by atoms with van der Waals surface area (Å²) in [7, 11) is 0. The number of ether oxygens (including phenoxy) is 2. The van der Waals surface area contributed by atoms with Gasteiger partial charge < -0.3 is 9.47 Å². The molecule has 0 aliphatic carbocycles. The first-order valence-electron chi connectivity index (χ1n) is 12.2. The first-order chi connectivity index (χ1) is 15.2. The van der Waals surface area contributed by atoms with Gasteiger partial charge in [-0.2, -0.15) is 0 Å². The van der Waals surface area contributed by atoms with E-state index in [9.17, 15) is 4.79 Å². The van der Waals surface area contributed by atoms with Crippen molar-refractivity contribution >= 4 is 11.7 Å². The first kappa shape index (κ1) is 25.1. The standard InChI is InChI=1S/C25H42N4O3/c1-6-23(30)29(22-9-7-8-11-26-22)20-25(10-17-32-24(4,5)19-25)28-14-12-27(13-15-28)16-18-31-21(2)3/h7-9,11,21H,6,10,12-20H2,1-5H3. The molecular formula is C25H42N4O3. The van der Waals surface area contributed by atoms with Crippen molar-refractivity contribution in [2.24, 2.45) is 0 Å². The molecule has 1 aromatic rings. The van der Waals surface area contributed by atoms with Gasteiger partial charge in [-0.1, -0.05) is 13.0 Å². The Balaban J connectivity index is 1.77. The van der Waals surface area contributed by atoms with E-state index in [2.05, 4.69) is 42.5 Å². The minimum absolute atomic E-state index is 0.120. The lowest BCUT2D eigenvalue weighted by Crippen LogP contribution is -2.66. The molecule has 2 saturated heterocycles. The lowest BCUT2D eigenvalue weighted by Gasteiger charge is -2.54. The molecule has 0 aromatic carbocycles. The van der Waals surface area contributed by atoms with Crippen molar-refractivity contribution in [3.63, 3.8) is 0 Å². The van der Waals surface area contributed by atoms with E-state index in [1.807, 2.05) is 30.0 Å². The summed E-state index contributed by atoms with van der Waals surface area (Å²) in [5.74, 6) is 0.865. The van der Waals surface area contributed by atoms with Gasteiger partial charge in [0.2, 0.25) is 5.91 Å². The summed E-state index contributed by atoms with van der Waals surface area (Å²) in [4.78, 5) is 24.5. The Kier molecular flexibility index (Phi) is 8.67. The SMILES string of the molecule is CCC(=O)N(CC1(N2CCN(CCOC(C)C)CC2)CCOC(C)(C)C1)c1ccccn1.